The molecule has 0 bridgehead atoms. The van der Waals surface area contributed by atoms with E-state index in [0.29, 0.717) is 16.3 Å². The second-order valence-electron chi connectivity index (χ2n) is 2.94. The number of hydroxylamine groups is 1. The maximum Gasteiger partial charge on any atom is 0.274 e. The molecule has 1 aromatic carbocycles. The summed E-state index contributed by atoms with van der Waals surface area (Å²) < 4.78 is 5.04. The summed E-state index contributed by atoms with van der Waals surface area (Å²) >= 11 is 5.96. The van der Waals surface area contributed by atoms with E-state index in [2.05, 4.69) is 10.3 Å². The van der Waals surface area contributed by atoms with Gasteiger partial charge in [0.1, 0.15) is 5.75 Å². The summed E-state index contributed by atoms with van der Waals surface area (Å²) in [5, 5.41) is 0.506. The standard InChI is InChI=1S/C10H12ClNO3.C2H6/c1-6-4-7(10(13)12-15-3)5-8(14-2)9(6)11;1-2/h4-5H,1-3H3,(H,12,13);1-2H3. The van der Waals surface area contributed by atoms with Crippen molar-refractivity contribution in [3.05, 3.63) is 28.3 Å². The van der Waals surface area contributed by atoms with Crippen LogP contribution in [0.3, 0.4) is 0 Å². The van der Waals surface area contributed by atoms with Crippen molar-refractivity contribution in [2.75, 3.05) is 14.2 Å². The molecule has 17 heavy (non-hydrogen) atoms. The lowest BCUT2D eigenvalue weighted by molar-refractivity contribution is 0.0537. The first-order chi connectivity index (χ1) is 8.10. The van der Waals surface area contributed by atoms with Gasteiger partial charge in [-0.25, -0.2) is 5.48 Å². The number of rotatable bonds is 3. The normalized spacial score (nSPS) is 9.06. The molecule has 0 saturated carbocycles. The Kier molecular flexibility index (Phi) is 7.34. The minimum Gasteiger partial charge on any atom is -0.495 e. The first kappa shape index (κ1) is 15.7. The fourth-order valence-corrected chi connectivity index (χ4v) is 1.35. The molecule has 0 unspecified atom stereocenters. The summed E-state index contributed by atoms with van der Waals surface area (Å²) in [6, 6.07) is 3.23. The molecular weight excluding hydrogens is 242 g/mol. The van der Waals surface area contributed by atoms with E-state index in [1.54, 1.807) is 19.1 Å². The number of methoxy groups -OCH3 is 1. The first-order valence-electron chi connectivity index (χ1n) is 5.27. The van der Waals surface area contributed by atoms with Crippen LogP contribution in [0.15, 0.2) is 12.1 Å². The molecule has 0 spiro atoms. The van der Waals surface area contributed by atoms with Crippen molar-refractivity contribution < 1.29 is 14.4 Å². The molecule has 0 aliphatic heterocycles. The van der Waals surface area contributed by atoms with E-state index in [1.807, 2.05) is 13.8 Å². The fraction of sp³-hybridized carbons (Fsp3) is 0.417. The van der Waals surface area contributed by atoms with E-state index in [-0.39, 0.29) is 5.91 Å². The van der Waals surface area contributed by atoms with Crippen LogP contribution in [0.5, 0.6) is 5.75 Å². The van der Waals surface area contributed by atoms with Gasteiger partial charge in [0.25, 0.3) is 5.91 Å². The predicted octanol–water partition coefficient (Wildman–Crippen LogP) is 2.97. The van der Waals surface area contributed by atoms with E-state index >= 15 is 0 Å². The topological polar surface area (TPSA) is 47.6 Å². The van der Waals surface area contributed by atoms with Gasteiger partial charge in [0.2, 0.25) is 0 Å². The zero-order chi connectivity index (χ0) is 13.4. The molecular formula is C12H18ClNO3. The van der Waals surface area contributed by atoms with Crippen LogP contribution in [0.1, 0.15) is 29.8 Å². The highest BCUT2D eigenvalue weighted by Gasteiger charge is 2.11. The van der Waals surface area contributed by atoms with Gasteiger partial charge in [-0.2, -0.15) is 0 Å². The Balaban J connectivity index is 0.00000121. The molecule has 1 rings (SSSR count). The largest absolute Gasteiger partial charge is 0.495 e. The van der Waals surface area contributed by atoms with E-state index in [0.717, 1.165) is 5.56 Å². The third-order valence-corrected chi connectivity index (χ3v) is 2.38. The van der Waals surface area contributed by atoms with Gasteiger partial charge in [0, 0.05) is 5.56 Å². The summed E-state index contributed by atoms with van der Waals surface area (Å²) in [6.45, 7) is 5.80. The van der Waals surface area contributed by atoms with Crippen LogP contribution in [-0.4, -0.2) is 20.1 Å². The second kappa shape index (κ2) is 7.92. The highest BCUT2D eigenvalue weighted by atomic mass is 35.5. The molecule has 1 aromatic rings. The molecule has 0 atom stereocenters. The summed E-state index contributed by atoms with van der Waals surface area (Å²) in [5.74, 6) is 0.133. The maximum absolute atomic E-state index is 11.4. The Morgan fingerprint density at radius 1 is 1.29 bits per heavy atom. The Bertz CT molecular complexity index is 380. The number of amides is 1. The molecule has 0 aromatic heterocycles. The van der Waals surface area contributed by atoms with Crippen LogP contribution in [0, 0.1) is 6.92 Å². The van der Waals surface area contributed by atoms with Gasteiger partial charge in [-0.1, -0.05) is 25.4 Å². The summed E-state index contributed by atoms with van der Waals surface area (Å²) in [7, 11) is 2.87. The van der Waals surface area contributed by atoms with Crippen molar-refractivity contribution >= 4 is 17.5 Å². The van der Waals surface area contributed by atoms with Crippen molar-refractivity contribution in [2.45, 2.75) is 20.8 Å². The van der Waals surface area contributed by atoms with Gasteiger partial charge >= 0.3 is 0 Å². The molecule has 5 heteroatoms. The number of hydrogen-bond acceptors (Lipinski definition) is 3. The summed E-state index contributed by atoms with van der Waals surface area (Å²) in [5.41, 5.74) is 3.44. The quantitative estimate of drug-likeness (QED) is 0.849. The number of hydrogen-bond donors (Lipinski definition) is 1. The molecule has 0 radical (unpaired) electrons. The summed E-state index contributed by atoms with van der Waals surface area (Å²) in [6.07, 6.45) is 0. The van der Waals surface area contributed by atoms with Crippen molar-refractivity contribution in [1.82, 2.24) is 5.48 Å². The minimum absolute atomic E-state index is 0.337. The Morgan fingerprint density at radius 2 is 1.88 bits per heavy atom. The van der Waals surface area contributed by atoms with E-state index < -0.39 is 0 Å². The van der Waals surface area contributed by atoms with Crippen LogP contribution < -0.4 is 10.2 Å². The molecule has 1 amide bonds. The van der Waals surface area contributed by atoms with Gasteiger partial charge in [-0.05, 0) is 24.6 Å². The van der Waals surface area contributed by atoms with Gasteiger partial charge in [-0.3, -0.25) is 9.63 Å². The average molecular weight is 260 g/mol. The third kappa shape index (κ3) is 4.24. The highest BCUT2D eigenvalue weighted by molar-refractivity contribution is 6.33. The van der Waals surface area contributed by atoms with Crippen LogP contribution in [-0.2, 0) is 4.84 Å². The molecule has 0 fully saturated rings. The van der Waals surface area contributed by atoms with Gasteiger partial charge in [-0.15, -0.1) is 0 Å². The Morgan fingerprint density at radius 3 is 2.35 bits per heavy atom. The number of carbonyl (C=O) groups is 1. The SMILES string of the molecule is CC.CONC(=O)c1cc(C)c(Cl)c(OC)c1. The number of nitrogens with one attached hydrogen (secondary N) is 1. The van der Waals surface area contributed by atoms with E-state index in [9.17, 15) is 4.79 Å². The van der Waals surface area contributed by atoms with E-state index in [4.69, 9.17) is 16.3 Å². The lowest BCUT2D eigenvalue weighted by Crippen LogP contribution is -2.21. The second-order valence-corrected chi connectivity index (χ2v) is 3.32. The molecule has 0 saturated heterocycles. The number of halogens is 1. The predicted molar refractivity (Wildman–Crippen MR) is 68.6 cm³/mol. The van der Waals surface area contributed by atoms with Crippen molar-refractivity contribution in [3.8, 4) is 5.75 Å². The minimum atomic E-state index is -0.337. The third-order valence-electron chi connectivity index (χ3n) is 1.90. The molecule has 0 aliphatic rings. The van der Waals surface area contributed by atoms with Crippen LogP contribution >= 0.6 is 11.6 Å². The van der Waals surface area contributed by atoms with Crippen molar-refractivity contribution in [1.29, 1.82) is 0 Å². The Hall–Kier alpha value is -1.26. The first-order valence-corrected chi connectivity index (χ1v) is 5.65. The van der Waals surface area contributed by atoms with Crippen molar-refractivity contribution in [2.24, 2.45) is 0 Å². The molecule has 1 N–H and O–H groups in total. The zero-order valence-corrected chi connectivity index (χ0v) is 11.5. The maximum atomic E-state index is 11.4. The van der Waals surface area contributed by atoms with Crippen LogP contribution in [0.25, 0.3) is 0 Å². The number of ether oxygens (including phenoxy) is 1. The smallest absolute Gasteiger partial charge is 0.274 e. The number of carbonyl (C=O) groups excluding carboxylic acids is 1. The van der Waals surface area contributed by atoms with Gasteiger partial charge < -0.3 is 4.74 Å². The molecule has 0 aliphatic carbocycles. The van der Waals surface area contributed by atoms with Gasteiger partial charge in [0.15, 0.2) is 0 Å². The van der Waals surface area contributed by atoms with Crippen molar-refractivity contribution in [3.63, 3.8) is 0 Å². The fourth-order valence-electron chi connectivity index (χ4n) is 1.17. The van der Waals surface area contributed by atoms with Gasteiger partial charge in [0.05, 0.1) is 19.2 Å². The van der Waals surface area contributed by atoms with Crippen LogP contribution in [0.4, 0.5) is 0 Å². The average Bonchev–Trinajstić information content (AvgIpc) is 2.35. The molecule has 4 nitrogen and oxygen atoms in total. The zero-order valence-electron chi connectivity index (χ0n) is 10.8. The molecule has 0 heterocycles. The number of aryl methyl sites for hydroxylation is 1. The number of benzene rings is 1. The molecule has 96 valence electrons. The van der Waals surface area contributed by atoms with Crippen LogP contribution in [0.2, 0.25) is 5.02 Å². The lowest BCUT2D eigenvalue weighted by Gasteiger charge is -2.09. The highest BCUT2D eigenvalue weighted by Crippen LogP contribution is 2.29. The Labute approximate surface area is 107 Å². The lowest BCUT2D eigenvalue weighted by atomic mass is 10.1. The summed E-state index contributed by atoms with van der Waals surface area (Å²) in [4.78, 5) is 16.0. The van der Waals surface area contributed by atoms with E-state index in [1.165, 1.54) is 14.2 Å². The monoisotopic (exact) mass is 259 g/mol.